The van der Waals surface area contributed by atoms with E-state index in [9.17, 15) is 4.39 Å². The lowest BCUT2D eigenvalue weighted by Gasteiger charge is -2.13. The summed E-state index contributed by atoms with van der Waals surface area (Å²) in [6.07, 6.45) is 15.0. The molecule has 3 aromatic heterocycles. The standard InChI is InChI=1S/C33H37FN6S.C2H6/c1-8-11-12-27(24-13-22(14-25(34)15-24)19-37-41(5,6)7)28-17-31(38-21(28)4)33-29-18-30(36-20-32(29)39-40-33)23(9-2)16-26(35)10-3;1-2/h8-18,20,37-38H,3,5-6,19,35H2,1-2,4,7H3,(H,39,40);1-2H3/b11-8-,23-9+,26-16+,27-12-;. The van der Waals surface area contributed by atoms with E-state index in [1.807, 2.05) is 83.4 Å². The van der Waals surface area contributed by atoms with E-state index in [0.29, 0.717) is 12.2 Å². The predicted octanol–water partition coefficient (Wildman–Crippen LogP) is 8.17. The van der Waals surface area contributed by atoms with Crippen LogP contribution in [0.4, 0.5) is 4.39 Å². The van der Waals surface area contributed by atoms with E-state index in [4.69, 9.17) is 5.73 Å². The molecule has 8 heteroatoms. The van der Waals surface area contributed by atoms with Crippen LogP contribution in [0, 0.1) is 12.7 Å². The molecule has 0 aliphatic rings. The topological polar surface area (TPSA) is 95.4 Å². The van der Waals surface area contributed by atoms with Crippen molar-refractivity contribution in [2.75, 3.05) is 6.26 Å². The van der Waals surface area contributed by atoms with Crippen LogP contribution in [0.1, 0.15) is 55.8 Å². The van der Waals surface area contributed by atoms with Crippen molar-refractivity contribution in [2.24, 2.45) is 5.73 Å². The molecule has 0 amide bonds. The highest BCUT2D eigenvalue weighted by molar-refractivity contribution is 8.25. The van der Waals surface area contributed by atoms with Crippen LogP contribution < -0.4 is 10.5 Å². The van der Waals surface area contributed by atoms with Gasteiger partial charge in [0.1, 0.15) is 11.5 Å². The number of benzene rings is 1. The van der Waals surface area contributed by atoms with Crippen LogP contribution in [-0.4, -0.2) is 38.2 Å². The third-order valence-corrected chi connectivity index (χ3v) is 7.36. The first kappa shape index (κ1) is 33.1. The number of fused-ring (bicyclic) bond motifs is 1. The number of aromatic amines is 2. The molecule has 0 unspecified atom stereocenters. The number of nitrogens with two attached hydrogens (primary N) is 1. The van der Waals surface area contributed by atoms with E-state index < -0.39 is 9.39 Å². The van der Waals surface area contributed by atoms with Gasteiger partial charge in [-0.3, -0.25) is 14.8 Å². The van der Waals surface area contributed by atoms with Crippen molar-refractivity contribution in [2.45, 2.75) is 41.2 Å². The smallest absolute Gasteiger partial charge is 0.124 e. The van der Waals surface area contributed by atoms with E-state index in [1.54, 1.807) is 24.4 Å². The van der Waals surface area contributed by atoms with Gasteiger partial charge in [-0.15, -0.1) is 0 Å². The molecule has 3 heterocycles. The summed E-state index contributed by atoms with van der Waals surface area (Å²) in [4.78, 5) is 8.09. The molecule has 0 aliphatic carbocycles. The van der Waals surface area contributed by atoms with E-state index in [1.165, 1.54) is 0 Å². The molecule has 0 saturated heterocycles. The number of H-pyrrole nitrogens is 2. The number of hydrogen-bond acceptors (Lipinski definition) is 4. The van der Waals surface area contributed by atoms with E-state index in [0.717, 1.165) is 61.5 Å². The number of pyridine rings is 1. The van der Waals surface area contributed by atoms with Gasteiger partial charge in [-0.1, -0.05) is 56.5 Å². The minimum absolute atomic E-state index is 0.298. The Morgan fingerprint density at radius 2 is 1.88 bits per heavy atom. The van der Waals surface area contributed by atoms with E-state index in [2.05, 4.69) is 49.3 Å². The fraction of sp³-hybridized carbons (Fsp3) is 0.200. The maximum atomic E-state index is 14.8. The number of nitrogens with one attached hydrogen (secondary N) is 3. The number of nitrogens with zero attached hydrogens (tertiary/aromatic N) is 2. The fourth-order valence-electron chi connectivity index (χ4n) is 4.49. The zero-order valence-corrected chi connectivity index (χ0v) is 26.8. The third kappa shape index (κ3) is 8.34. The van der Waals surface area contributed by atoms with Crippen LogP contribution in [0.15, 0.2) is 85.3 Å². The lowest BCUT2D eigenvalue weighted by molar-refractivity contribution is 0.624. The van der Waals surface area contributed by atoms with Gasteiger partial charge in [0.05, 0.1) is 23.1 Å². The SMILES string of the molecule is C=C/C(N)=C\C(=C/C)c1cc2c(-c3cc(/C(=C\C=C/C)c4cc(F)cc(CNS(=C)(=C)C)c4)c(C)[nH]3)n[nH]c2cn1.CC. The second kappa shape index (κ2) is 14.7. The molecule has 0 aliphatic heterocycles. The van der Waals surface area contributed by atoms with Gasteiger partial charge >= 0.3 is 0 Å². The monoisotopic (exact) mass is 598 g/mol. The number of halogens is 1. The molecular weight excluding hydrogens is 555 g/mol. The molecule has 4 rings (SSSR count). The summed E-state index contributed by atoms with van der Waals surface area (Å²) >= 11 is 0. The highest BCUT2D eigenvalue weighted by Gasteiger charge is 2.18. The van der Waals surface area contributed by atoms with Crippen molar-refractivity contribution < 1.29 is 4.39 Å². The fourth-order valence-corrected chi connectivity index (χ4v) is 5.00. The second-order valence-electron chi connectivity index (χ2n) is 10.1. The number of rotatable bonds is 10. The summed E-state index contributed by atoms with van der Waals surface area (Å²) < 4.78 is 18.2. The van der Waals surface area contributed by atoms with Crippen LogP contribution in [0.5, 0.6) is 0 Å². The van der Waals surface area contributed by atoms with Crippen molar-refractivity contribution in [3.05, 3.63) is 119 Å². The Balaban J connectivity index is 0.00000248. The molecule has 6 nitrogen and oxygen atoms in total. The Bertz CT molecular complexity index is 1830. The Morgan fingerprint density at radius 1 is 1.14 bits per heavy atom. The molecule has 0 atom stereocenters. The minimum Gasteiger partial charge on any atom is -0.399 e. The first-order valence-electron chi connectivity index (χ1n) is 14.2. The van der Waals surface area contributed by atoms with Crippen molar-refractivity contribution in [3.63, 3.8) is 0 Å². The zero-order valence-electron chi connectivity index (χ0n) is 26.0. The summed E-state index contributed by atoms with van der Waals surface area (Å²) in [6.45, 7) is 14.1. The van der Waals surface area contributed by atoms with Gasteiger partial charge in [0, 0.05) is 28.9 Å². The highest BCUT2D eigenvalue weighted by Crippen LogP contribution is 2.34. The molecule has 226 valence electrons. The van der Waals surface area contributed by atoms with Gasteiger partial charge in [0.15, 0.2) is 0 Å². The third-order valence-electron chi connectivity index (χ3n) is 6.52. The highest BCUT2D eigenvalue weighted by atomic mass is 32.2. The van der Waals surface area contributed by atoms with Crippen molar-refractivity contribution in [1.82, 2.24) is 24.9 Å². The summed E-state index contributed by atoms with van der Waals surface area (Å²) in [5.74, 6) is 7.83. The molecule has 1 aromatic carbocycles. The Morgan fingerprint density at radius 3 is 2.53 bits per heavy atom. The number of aryl methyl sites for hydroxylation is 1. The van der Waals surface area contributed by atoms with Crippen LogP contribution in [0.3, 0.4) is 0 Å². The average molecular weight is 599 g/mol. The summed E-state index contributed by atoms with van der Waals surface area (Å²) in [7, 11) is -1.43. The molecule has 0 saturated carbocycles. The molecule has 4 aromatic rings. The maximum Gasteiger partial charge on any atom is 0.124 e. The van der Waals surface area contributed by atoms with E-state index >= 15 is 0 Å². The van der Waals surface area contributed by atoms with Crippen molar-refractivity contribution in [1.29, 1.82) is 0 Å². The Hall–Kier alpha value is -4.40. The van der Waals surface area contributed by atoms with Crippen molar-refractivity contribution >= 4 is 43.2 Å². The van der Waals surface area contributed by atoms with Gasteiger partial charge in [0.2, 0.25) is 0 Å². The Kier molecular flexibility index (Phi) is 11.3. The molecule has 0 bridgehead atoms. The van der Waals surface area contributed by atoms with Gasteiger partial charge in [0.25, 0.3) is 0 Å². The van der Waals surface area contributed by atoms with Gasteiger partial charge in [-0.05, 0) is 91.8 Å². The average Bonchev–Trinajstić information content (AvgIpc) is 3.58. The normalized spacial score (nSPS) is 13.0. The first-order valence-corrected chi connectivity index (χ1v) is 16.5. The summed E-state index contributed by atoms with van der Waals surface area (Å²) in [6, 6.07) is 9.17. The van der Waals surface area contributed by atoms with Crippen LogP contribution in [0.25, 0.3) is 33.4 Å². The van der Waals surface area contributed by atoms with Crippen molar-refractivity contribution in [3.8, 4) is 11.4 Å². The molecule has 5 N–H and O–H groups in total. The molecular formula is C35H43FN6S. The van der Waals surface area contributed by atoms with Gasteiger partial charge in [-0.25, -0.2) is 4.39 Å². The zero-order chi connectivity index (χ0) is 31.7. The van der Waals surface area contributed by atoms with Crippen LogP contribution in [0.2, 0.25) is 0 Å². The quantitative estimate of drug-likeness (QED) is 0.109. The van der Waals surface area contributed by atoms with Crippen LogP contribution in [-0.2, 0) is 6.54 Å². The largest absolute Gasteiger partial charge is 0.399 e. The summed E-state index contributed by atoms with van der Waals surface area (Å²) in [5.41, 5.74) is 15.0. The summed E-state index contributed by atoms with van der Waals surface area (Å²) in [5, 5.41) is 8.61. The molecule has 0 spiro atoms. The van der Waals surface area contributed by atoms with Crippen LogP contribution >= 0.6 is 9.39 Å². The number of hydrogen-bond donors (Lipinski definition) is 4. The predicted molar refractivity (Wildman–Crippen MR) is 189 cm³/mol. The molecule has 0 radical (unpaired) electrons. The maximum absolute atomic E-state index is 14.8. The second-order valence-corrected chi connectivity index (χ2v) is 12.9. The van der Waals surface area contributed by atoms with E-state index in [-0.39, 0.29) is 5.82 Å². The lowest BCUT2D eigenvalue weighted by Crippen LogP contribution is -2.08. The molecule has 0 fully saturated rings. The van der Waals surface area contributed by atoms with Gasteiger partial charge < -0.3 is 10.7 Å². The number of allylic oxidation sites excluding steroid dienone is 7. The Labute approximate surface area is 255 Å². The van der Waals surface area contributed by atoms with Gasteiger partial charge in [-0.2, -0.15) is 14.5 Å². The molecule has 43 heavy (non-hydrogen) atoms. The first-order chi connectivity index (χ1) is 20.5. The minimum atomic E-state index is -1.43. The number of aromatic nitrogens is 4. The lowest BCUT2D eigenvalue weighted by atomic mass is 9.95.